The van der Waals surface area contributed by atoms with Crippen molar-refractivity contribution in [2.24, 2.45) is 0 Å². The Hall–Kier alpha value is -2.39. The van der Waals surface area contributed by atoms with Gasteiger partial charge in [-0.3, -0.25) is 5.32 Å². The van der Waals surface area contributed by atoms with Crippen LogP contribution in [-0.2, 0) is 4.74 Å². The van der Waals surface area contributed by atoms with Gasteiger partial charge in [0.25, 0.3) is 0 Å². The maximum Gasteiger partial charge on any atom is 0.411 e. The predicted molar refractivity (Wildman–Crippen MR) is 107 cm³/mol. The number of carboxylic acid groups (broad SMARTS) is 1. The predicted octanol–water partition coefficient (Wildman–Crippen LogP) is 4.47. The largest absolute Gasteiger partial charge is 0.496 e. The third-order valence-corrected chi connectivity index (χ3v) is 6.15. The van der Waals surface area contributed by atoms with E-state index in [9.17, 15) is 14.7 Å². The van der Waals surface area contributed by atoms with Gasteiger partial charge >= 0.3 is 12.1 Å². The van der Waals surface area contributed by atoms with E-state index in [1.54, 1.807) is 19.2 Å². The number of aromatic carboxylic acids is 1. The van der Waals surface area contributed by atoms with Crippen molar-refractivity contribution in [3.63, 3.8) is 0 Å². The summed E-state index contributed by atoms with van der Waals surface area (Å²) >= 11 is 0. The number of aryl methyl sites for hydroxylation is 1. The fraction of sp³-hybridized carbons (Fsp3) is 0.278. The quantitative estimate of drug-likeness (QED) is 0.617. The number of rotatable bonds is 8. The van der Waals surface area contributed by atoms with Crippen LogP contribution in [-0.4, -0.2) is 41.1 Å². The summed E-state index contributed by atoms with van der Waals surface area (Å²) in [7, 11) is 4.49. The van der Waals surface area contributed by atoms with Gasteiger partial charge in [-0.1, -0.05) is 16.9 Å². The number of hydrogen-bond donors (Lipinski definition) is 2. The molecule has 2 aromatic rings. The minimum absolute atomic E-state index is 0.0271. The van der Waals surface area contributed by atoms with Gasteiger partial charge in [0.1, 0.15) is 17.4 Å². The van der Waals surface area contributed by atoms with Crippen LogP contribution in [0, 0.1) is 6.92 Å². The van der Waals surface area contributed by atoms with Crippen molar-refractivity contribution in [3.05, 3.63) is 47.7 Å². The van der Waals surface area contributed by atoms with E-state index in [0.29, 0.717) is 11.3 Å². The van der Waals surface area contributed by atoms with E-state index in [-0.39, 0.29) is 23.1 Å². The smallest absolute Gasteiger partial charge is 0.411 e. The lowest BCUT2D eigenvalue weighted by Gasteiger charge is -2.14. The molecule has 0 radical (unpaired) electrons. The van der Waals surface area contributed by atoms with Crippen LogP contribution in [0.1, 0.15) is 22.8 Å². The zero-order chi connectivity index (χ0) is 19.8. The molecular formula is C18H20N2O5S2. The van der Waals surface area contributed by atoms with E-state index in [1.165, 1.54) is 34.8 Å². The monoisotopic (exact) mass is 408 g/mol. The lowest BCUT2D eigenvalue weighted by molar-refractivity contribution is 0.0697. The lowest BCUT2D eigenvalue weighted by Crippen LogP contribution is -2.20. The molecule has 9 heteroatoms. The molecule has 1 atom stereocenters. The maximum absolute atomic E-state index is 12.0. The second-order valence-corrected chi connectivity index (χ2v) is 8.21. The number of carbonyl (C=O) groups is 2. The Morgan fingerprint density at radius 1 is 1.33 bits per heavy atom. The molecule has 1 aromatic carbocycles. The molecule has 0 bridgehead atoms. The number of pyridine rings is 1. The first-order chi connectivity index (χ1) is 12.9. The van der Waals surface area contributed by atoms with E-state index in [0.717, 1.165) is 5.03 Å². The van der Waals surface area contributed by atoms with Gasteiger partial charge in [0.2, 0.25) is 0 Å². The minimum Gasteiger partial charge on any atom is -0.496 e. The number of amides is 1. The van der Waals surface area contributed by atoms with Gasteiger partial charge < -0.3 is 14.6 Å². The number of methoxy groups -OCH3 is 1. The molecular weight excluding hydrogens is 388 g/mol. The van der Waals surface area contributed by atoms with Crippen molar-refractivity contribution in [2.75, 3.05) is 19.0 Å². The van der Waals surface area contributed by atoms with E-state index in [2.05, 4.69) is 10.3 Å². The second kappa shape index (κ2) is 10.1. The SMILES string of the molecule is COc1cc(C(=O)O)c(NC(=O)OCC(C)SSc2ccccn2)cc1C. The molecule has 1 unspecified atom stereocenters. The first kappa shape index (κ1) is 20.9. The summed E-state index contributed by atoms with van der Waals surface area (Å²) in [4.78, 5) is 27.7. The third kappa shape index (κ3) is 6.37. The van der Waals surface area contributed by atoms with Crippen molar-refractivity contribution < 1.29 is 24.2 Å². The number of nitrogens with one attached hydrogen (secondary N) is 1. The summed E-state index contributed by atoms with van der Waals surface area (Å²) in [5, 5.41) is 12.7. The highest BCUT2D eigenvalue weighted by molar-refractivity contribution is 8.76. The minimum atomic E-state index is -1.17. The molecule has 1 heterocycles. The topological polar surface area (TPSA) is 97.8 Å². The molecule has 0 saturated heterocycles. The fourth-order valence-corrected chi connectivity index (χ4v) is 3.96. The second-order valence-electron chi connectivity index (χ2n) is 5.55. The van der Waals surface area contributed by atoms with Crippen molar-refractivity contribution >= 4 is 39.3 Å². The summed E-state index contributed by atoms with van der Waals surface area (Å²) in [6.45, 7) is 3.86. The van der Waals surface area contributed by atoms with Crippen LogP contribution in [0.2, 0.25) is 0 Å². The van der Waals surface area contributed by atoms with Crippen molar-refractivity contribution in [1.82, 2.24) is 4.98 Å². The summed E-state index contributed by atoms with van der Waals surface area (Å²) < 4.78 is 10.3. The van der Waals surface area contributed by atoms with Crippen LogP contribution in [0.3, 0.4) is 0 Å². The molecule has 0 aliphatic rings. The van der Waals surface area contributed by atoms with Crippen LogP contribution >= 0.6 is 21.6 Å². The van der Waals surface area contributed by atoms with E-state index < -0.39 is 12.1 Å². The van der Waals surface area contributed by atoms with Crippen LogP contribution < -0.4 is 10.1 Å². The summed E-state index contributed by atoms with van der Waals surface area (Å²) in [5.41, 5.74) is 0.796. The van der Waals surface area contributed by atoms with Crippen molar-refractivity contribution in [1.29, 1.82) is 0 Å². The molecule has 0 aliphatic carbocycles. The Morgan fingerprint density at radius 2 is 2.11 bits per heavy atom. The highest BCUT2D eigenvalue weighted by atomic mass is 33.1. The molecule has 0 spiro atoms. The highest BCUT2D eigenvalue weighted by Gasteiger charge is 2.17. The van der Waals surface area contributed by atoms with Crippen LogP contribution in [0.25, 0.3) is 0 Å². The Morgan fingerprint density at radius 3 is 2.74 bits per heavy atom. The Bertz CT molecular complexity index is 802. The molecule has 0 aliphatic heterocycles. The molecule has 1 amide bonds. The van der Waals surface area contributed by atoms with E-state index in [4.69, 9.17) is 9.47 Å². The zero-order valence-corrected chi connectivity index (χ0v) is 16.7. The van der Waals surface area contributed by atoms with Crippen molar-refractivity contribution in [2.45, 2.75) is 24.1 Å². The summed E-state index contributed by atoms with van der Waals surface area (Å²) in [6, 6.07) is 8.56. The van der Waals surface area contributed by atoms with E-state index >= 15 is 0 Å². The van der Waals surface area contributed by atoms with Gasteiger partial charge in [-0.25, -0.2) is 14.6 Å². The maximum atomic E-state index is 12.0. The molecule has 144 valence electrons. The molecule has 27 heavy (non-hydrogen) atoms. The normalized spacial score (nSPS) is 11.5. The number of aromatic nitrogens is 1. The van der Waals surface area contributed by atoms with Gasteiger partial charge in [0.15, 0.2) is 0 Å². The Labute approximate surface area is 165 Å². The molecule has 1 aromatic heterocycles. The Kier molecular flexibility index (Phi) is 7.81. The molecule has 0 saturated carbocycles. The number of anilines is 1. The number of benzene rings is 1. The molecule has 2 rings (SSSR count). The van der Waals surface area contributed by atoms with Crippen LogP contribution in [0.15, 0.2) is 41.6 Å². The average molecular weight is 409 g/mol. The Balaban J connectivity index is 1.89. The van der Waals surface area contributed by atoms with Gasteiger partial charge in [0.05, 0.1) is 18.4 Å². The van der Waals surface area contributed by atoms with Crippen LogP contribution in [0.4, 0.5) is 10.5 Å². The van der Waals surface area contributed by atoms with Gasteiger partial charge in [-0.2, -0.15) is 0 Å². The average Bonchev–Trinajstić information content (AvgIpc) is 2.65. The standard InChI is InChI=1S/C18H20N2O5S2/c1-11-8-14(13(17(21)22)9-15(11)24-3)20-18(23)25-10-12(2)26-27-16-6-4-5-7-19-16/h4-9,12H,10H2,1-3H3,(H,20,23)(H,21,22). The fourth-order valence-electron chi connectivity index (χ4n) is 2.08. The number of carbonyl (C=O) groups excluding carboxylic acids is 1. The van der Waals surface area contributed by atoms with E-state index in [1.807, 2.05) is 25.1 Å². The molecule has 7 nitrogen and oxygen atoms in total. The lowest BCUT2D eigenvalue weighted by atomic mass is 10.1. The van der Waals surface area contributed by atoms with Gasteiger partial charge in [-0.15, -0.1) is 0 Å². The molecule has 0 fully saturated rings. The molecule has 2 N–H and O–H groups in total. The van der Waals surface area contributed by atoms with Gasteiger partial charge in [-0.05, 0) is 54.5 Å². The third-order valence-electron chi connectivity index (χ3n) is 3.39. The number of nitrogens with zero attached hydrogens (tertiary/aromatic N) is 1. The first-order valence-electron chi connectivity index (χ1n) is 8.00. The number of hydrogen-bond acceptors (Lipinski definition) is 7. The first-order valence-corrected chi connectivity index (χ1v) is 10.2. The van der Waals surface area contributed by atoms with Gasteiger partial charge in [0, 0.05) is 11.4 Å². The van der Waals surface area contributed by atoms with Crippen molar-refractivity contribution in [3.8, 4) is 5.75 Å². The number of ether oxygens (including phenoxy) is 2. The highest BCUT2D eigenvalue weighted by Crippen LogP contribution is 2.33. The van der Waals surface area contributed by atoms with Crippen LogP contribution in [0.5, 0.6) is 5.75 Å². The zero-order valence-electron chi connectivity index (χ0n) is 15.1. The number of carboxylic acids is 1. The summed E-state index contributed by atoms with van der Waals surface area (Å²) in [6.07, 6.45) is 1.01. The summed E-state index contributed by atoms with van der Waals surface area (Å²) in [5.74, 6) is -0.734.